The quantitative estimate of drug-likeness (QED) is 0.569. The Hall–Kier alpha value is -3.55. The average Bonchev–Trinajstić information content (AvgIpc) is 3.01. The first-order chi connectivity index (χ1) is 16.7. The lowest BCUT2D eigenvalue weighted by Crippen LogP contribution is -2.41. The first-order valence-corrected chi connectivity index (χ1v) is 11.4. The van der Waals surface area contributed by atoms with Crippen LogP contribution in [0.4, 0.5) is 13.2 Å². The fourth-order valence-corrected chi connectivity index (χ4v) is 4.18. The number of halogens is 3. The van der Waals surface area contributed by atoms with Gasteiger partial charge < -0.3 is 14.4 Å². The number of allylic oxidation sites excluding steroid dienone is 4. The summed E-state index contributed by atoms with van der Waals surface area (Å²) >= 11 is 0. The van der Waals surface area contributed by atoms with Crippen LogP contribution in [0.15, 0.2) is 66.8 Å². The second-order valence-corrected chi connectivity index (χ2v) is 8.02. The number of hydrogen-bond donors (Lipinski definition) is 0. The molecule has 0 bridgehead atoms. The maximum absolute atomic E-state index is 13.2. The zero-order chi connectivity index (χ0) is 25.6. The van der Waals surface area contributed by atoms with Crippen LogP contribution >= 0.6 is 0 Å². The molecule has 5 nitrogen and oxygen atoms in total. The number of rotatable bonds is 4. The molecule has 0 N–H and O–H groups in total. The van der Waals surface area contributed by atoms with E-state index in [4.69, 9.17) is 9.47 Å². The lowest BCUT2D eigenvalue weighted by molar-refractivity contribution is -0.186. The van der Waals surface area contributed by atoms with Crippen LogP contribution in [0.3, 0.4) is 0 Å². The van der Waals surface area contributed by atoms with E-state index < -0.39 is 17.5 Å². The van der Waals surface area contributed by atoms with E-state index in [0.717, 1.165) is 10.5 Å². The van der Waals surface area contributed by atoms with Crippen LogP contribution in [0.5, 0.6) is 11.5 Å². The van der Waals surface area contributed by atoms with Crippen LogP contribution in [0.1, 0.15) is 37.0 Å². The fraction of sp³-hybridized carbons (Fsp3) is 0.333. The van der Waals surface area contributed by atoms with E-state index in [9.17, 15) is 22.8 Å². The minimum absolute atomic E-state index is 0.127. The van der Waals surface area contributed by atoms with Crippen molar-refractivity contribution in [3.8, 4) is 11.5 Å². The minimum Gasteiger partial charge on any atom is -0.493 e. The normalized spacial score (nSPS) is 16.2. The van der Waals surface area contributed by atoms with Gasteiger partial charge in [-0.25, -0.2) is 0 Å². The number of benzene rings is 2. The van der Waals surface area contributed by atoms with Gasteiger partial charge in [0.05, 0.1) is 7.11 Å². The molecule has 0 saturated carbocycles. The highest BCUT2D eigenvalue weighted by molar-refractivity contribution is 6.00. The summed E-state index contributed by atoms with van der Waals surface area (Å²) in [5.74, 6) is -1.33. The predicted octanol–water partition coefficient (Wildman–Crippen LogP) is 5.53. The van der Waals surface area contributed by atoms with Crippen molar-refractivity contribution in [2.75, 3.05) is 13.7 Å². The number of amides is 1. The number of nitrogens with zero attached hydrogens (tertiary/aromatic N) is 1. The van der Waals surface area contributed by atoms with E-state index >= 15 is 0 Å². The van der Waals surface area contributed by atoms with Crippen molar-refractivity contribution in [1.29, 1.82) is 0 Å². The van der Waals surface area contributed by atoms with Gasteiger partial charge in [-0.1, -0.05) is 56.3 Å². The van der Waals surface area contributed by atoms with Gasteiger partial charge in [0.25, 0.3) is 0 Å². The molecule has 2 aromatic rings. The largest absolute Gasteiger partial charge is 0.493 e. The highest BCUT2D eigenvalue weighted by Gasteiger charge is 2.45. The van der Waals surface area contributed by atoms with Crippen LogP contribution in [0, 0.1) is 0 Å². The number of carbonyl (C=O) groups is 2. The van der Waals surface area contributed by atoms with Crippen molar-refractivity contribution >= 4 is 11.7 Å². The topological polar surface area (TPSA) is 55.8 Å². The lowest BCUT2D eigenvalue weighted by atomic mass is 9.73. The molecule has 0 radical (unpaired) electrons. The molecule has 186 valence electrons. The van der Waals surface area contributed by atoms with E-state index in [-0.39, 0.29) is 31.9 Å². The molecule has 0 fully saturated rings. The van der Waals surface area contributed by atoms with Gasteiger partial charge in [-0.15, -0.1) is 0 Å². The third kappa shape index (κ3) is 5.75. The second-order valence-electron chi connectivity index (χ2n) is 8.02. The zero-order valence-corrected chi connectivity index (χ0v) is 19.9. The van der Waals surface area contributed by atoms with Crippen molar-refractivity contribution in [1.82, 2.24) is 4.90 Å². The molecule has 0 saturated heterocycles. The predicted molar refractivity (Wildman–Crippen MR) is 126 cm³/mol. The molecule has 1 aliphatic carbocycles. The highest BCUT2D eigenvalue weighted by Crippen LogP contribution is 2.44. The Kier molecular flexibility index (Phi) is 8.04. The summed E-state index contributed by atoms with van der Waals surface area (Å²) in [6.07, 6.45) is 1.38. The number of carbonyl (C=O) groups excluding carboxylic acids is 2. The van der Waals surface area contributed by atoms with Gasteiger partial charge in [0, 0.05) is 18.5 Å². The summed E-state index contributed by atoms with van der Waals surface area (Å²) in [5, 5.41) is 0. The molecular weight excluding hydrogens is 459 g/mol. The molecule has 0 aromatic heterocycles. The van der Waals surface area contributed by atoms with Crippen LogP contribution in [0.2, 0.25) is 0 Å². The smallest absolute Gasteiger partial charge is 0.471 e. The van der Waals surface area contributed by atoms with Crippen LogP contribution in [-0.2, 0) is 28.2 Å². The monoisotopic (exact) mass is 487 g/mol. The molecule has 2 aromatic carbocycles. The summed E-state index contributed by atoms with van der Waals surface area (Å²) < 4.78 is 51.0. The highest BCUT2D eigenvalue weighted by atomic mass is 19.4. The number of hydrogen-bond acceptors (Lipinski definition) is 4. The van der Waals surface area contributed by atoms with Crippen molar-refractivity contribution in [3.05, 3.63) is 83.5 Å². The molecule has 8 heteroatoms. The van der Waals surface area contributed by atoms with Gasteiger partial charge in [0.1, 0.15) is 6.61 Å². The van der Waals surface area contributed by atoms with Crippen LogP contribution < -0.4 is 9.47 Å². The second kappa shape index (κ2) is 10.8. The Morgan fingerprint density at radius 2 is 1.71 bits per heavy atom. The number of ketones is 1. The number of methoxy groups -OCH3 is 1. The Labute approximate surface area is 202 Å². The molecule has 1 aliphatic heterocycles. The molecule has 2 aliphatic rings. The number of fused-ring (bicyclic) bond motifs is 2. The van der Waals surface area contributed by atoms with Gasteiger partial charge in [0.15, 0.2) is 17.3 Å². The Balaban J connectivity index is 0.00000167. The van der Waals surface area contributed by atoms with E-state index in [1.165, 1.54) is 19.3 Å². The van der Waals surface area contributed by atoms with Gasteiger partial charge in [-0.2, -0.15) is 13.2 Å². The molecule has 1 heterocycles. The molecule has 1 amide bonds. The SMILES string of the molecule is CC.COc1cc2c(cc1OCc1ccccc1)C1(C=CC(=O)C=C1)CCN(C(=O)C(F)(F)F)C2. The molecular formula is C27H28F3NO4. The van der Waals surface area contributed by atoms with Gasteiger partial charge in [-0.3, -0.25) is 9.59 Å². The number of ether oxygens (including phenoxy) is 2. The fourth-order valence-electron chi connectivity index (χ4n) is 4.18. The van der Waals surface area contributed by atoms with E-state index in [1.54, 1.807) is 24.3 Å². The molecule has 4 rings (SSSR count). The third-order valence-corrected chi connectivity index (χ3v) is 5.90. The lowest BCUT2D eigenvalue weighted by Gasteiger charge is -2.30. The first kappa shape index (κ1) is 26.1. The summed E-state index contributed by atoms with van der Waals surface area (Å²) in [6, 6.07) is 12.9. The van der Waals surface area contributed by atoms with Crippen molar-refractivity contribution in [2.45, 2.75) is 45.0 Å². The Morgan fingerprint density at radius 3 is 2.31 bits per heavy atom. The standard InChI is InChI=1S/C25H22F3NO4.C2H6/c1-32-21-13-18-15-29(23(31)25(26,27)28)12-11-24(9-7-19(30)8-10-24)20(18)14-22(21)33-16-17-5-3-2-4-6-17;1-2/h2-10,13-14H,11-12,15-16H2,1H3;1-2H3. The number of alkyl halides is 3. The van der Waals surface area contributed by atoms with Crippen molar-refractivity contribution in [3.63, 3.8) is 0 Å². The van der Waals surface area contributed by atoms with E-state index in [2.05, 4.69) is 0 Å². The van der Waals surface area contributed by atoms with Crippen molar-refractivity contribution in [2.24, 2.45) is 0 Å². The Bertz CT molecular complexity index is 1110. The third-order valence-electron chi connectivity index (χ3n) is 5.90. The molecule has 0 atom stereocenters. The summed E-state index contributed by atoms with van der Waals surface area (Å²) in [4.78, 5) is 24.6. The zero-order valence-electron chi connectivity index (χ0n) is 19.9. The van der Waals surface area contributed by atoms with Gasteiger partial charge in [-0.05, 0) is 47.4 Å². The molecule has 1 spiro atoms. The maximum Gasteiger partial charge on any atom is 0.471 e. The van der Waals surface area contributed by atoms with E-state index in [1.807, 2.05) is 44.2 Å². The summed E-state index contributed by atoms with van der Waals surface area (Å²) in [5.41, 5.74) is 1.26. The minimum atomic E-state index is -4.98. The average molecular weight is 488 g/mol. The molecule has 35 heavy (non-hydrogen) atoms. The van der Waals surface area contributed by atoms with Crippen LogP contribution in [0.25, 0.3) is 0 Å². The molecule has 0 unspecified atom stereocenters. The van der Waals surface area contributed by atoms with E-state index in [0.29, 0.717) is 22.6 Å². The van der Waals surface area contributed by atoms with Gasteiger partial charge in [0.2, 0.25) is 0 Å². The summed E-state index contributed by atoms with van der Waals surface area (Å²) in [7, 11) is 1.45. The van der Waals surface area contributed by atoms with Gasteiger partial charge >= 0.3 is 12.1 Å². The van der Waals surface area contributed by atoms with Crippen molar-refractivity contribution < 1.29 is 32.2 Å². The first-order valence-electron chi connectivity index (χ1n) is 11.4. The maximum atomic E-state index is 13.2. The van der Waals surface area contributed by atoms with Crippen LogP contribution in [-0.4, -0.2) is 36.4 Å². The Morgan fingerprint density at radius 1 is 1.06 bits per heavy atom. The summed E-state index contributed by atoms with van der Waals surface area (Å²) in [6.45, 7) is 3.91.